The Morgan fingerprint density at radius 2 is 1.33 bits per heavy atom. The summed E-state index contributed by atoms with van der Waals surface area (Å²) in [6.45, 7) is 0. The maximum absolute atomic E-state index is 10.3. The number of aromatic nitrogens is 2. The van der Waals surface area contributed by atoms with Crippen LogP contribution in [0, 0.1) is 0 Å². The van der Waals surface area contributed by atoms with Gasteiger partial charge in [-0.3, -0.25) is 0 Å². The Morgan fingerprint density at radius 3 is 1.87 bits per heavy atom. The number of ether oxygens (including phenoxy) is 4. The molecule has 0 fully saturated rings. The van der Waals surface area contributed by atoms with E-state index in [1.807, 2.05) is 54.6 Å². The Hall–Kier alpha value is -5.05. The molecule has 0 saturated heterocycles. The largest absolute Gasteiger partial charge is 0.493 e. The Bertz CT molecular complexity index is 1410. The molecule has 1 aromatic heterocycles. The normalized spacial score (nSPS) is 10.7. The zero-order valence-electron chi connectivity index (χ0n) is 22.2. The summed E-state index contributed by atoms with van der Waals surface area (Å²) in [5, 5.41) is 12.5. The molecule has 0 radical (unpaired) electrons. The van der Waals surface area contributed by atoms with Crippen molar-refractivity contribution in [2.24, 2.45) is 0 Å². The molecule has 0 amide bonds. The van der Waals surface area contributed by atoms with Crippen LogP contribution in [0.15, 0.2) is 77.3 Å². The van der Waals surface area contributed by atoms with Gasteiger partial charge in [-0.2, -0.15) is 4.98 Å². The molecule has 1 N–H and O–H groups in total. The molecule has 0 saturated carbocycles. The maximum Gasteiger partial charge on any atom is 0.328 e. The molecule has 0 aliphatic heterocycles. The van der Waals surface area contributed by atoms with E-state index in [0.29, 0.717) is 41.1 Å². The second kappa shape index (κ2) is 14.6. The van der Waals surface area contributed by atoms with Crippen LogP contribution in [0.3, 0.4) is 0 Å². The number of benzene rings is 3. The van der Waals surface area contributed by atoms with Crippen molar-refractivity contribution in [2.75, 3.05) is 28.4 Å². The highest BCUT2D eigenvalue weighted by Crippen LogP contribution is 2.29. The highest BCUT2D eigenvalue weighted by Gasteiger charge is 2.06. The highest BCUT2D eigenvalue weighted by atomic mass is 16.5. The summed E-state index contributed by atoms with van der Waals surface area (Å²) < 4.78 is 25.9. The van der Waals surface area contributed by atoms with Crippen molar-refractivity contribution in [3.05, 3.63) is 101 Å². The van der Waals surface area contributed by atoms with Gasteiger partial charge in [-0.1, -0.05) is 47.6 Å². The minimum Gasteiger partial charge on any atom is -0.493 e. The minimum atomic E-state index is -0.982. The summed E-state index contributed by atoms with van der Waals surface area (Å²) in [4.78, 5) is 14.7. The Balaban J connectivity index is 0.000000242. The molecule has 0 unspecified atom stereocenters. The molecule has 0 aliphatic rings. The number of carboxylic acids is 1. The minimum absolute atomic E-state index is 0.468. The molecular formula is C30H30N2O7. The molecule has 0 bridgehead atoms. The smallest absolute Gasteiger partial charge is 0.328 e. The van der Waals surface area contributed by atoms with E-state index in [-0.39, 0.29) is 0 Å². The number of carboxylic acid groups (broad SMARTS) is 1. The van der Waals surface area contributed by atoms with Crippen molar-refractivity contribution in [3.8, 4) is 23.0 Å². The lowest BCUT2D eigenvalue weighted by molar-refractivity contribution is -0.131. The van der Waals surface area contributed by atoms with Gasteiger partial charge in [0.05, 0.1) is 28.4 Å². The summed E-state index contributed by atoms with van der Waals surface area (Å²) >= 11 is 0. The molecule has 4 aromatic rings. The van der Waals surface area contributed by atoms with Crippen LogP contribution in [0.5, 0.6) is 23.0 Å². The van der Waals surface area contributed by atoms with Gasteiger partial charge in [-0.05, 0) is 53.1 Å². The molecule has 202 valence electrons. The fourth-order valence-electron chi connectivity index (χ4n) is 3.43. The third kappa shape index (κ3) is 8.78. The second-order valence-electron chi connectivity index (χ2n) is 7.94. The number of carbonyl (C=O) groups is 1. The quantitative estimate of drug-likeness (QED) is 0.260. The summed E-state index contributed by atoms with van der Waals surface area (Å²) in [5.74, 6) is 2.70. The van der Waals surface area contributed by atoms with Gasteiger partial charge in [0.1, 0.15) is 0 Å². The van der Waals surface area contributed by atoms with Crippen molar-refractivity contribution in [3.63, 3.8) is 0 Å². The first-order valence-corrected chi connectivity index (χ1v) is 11.8. The number of hydrogen-bond acceptors (Lipinski definition) is 8. The fraction of sp³-hybridized carbons (Fsp3) is 0.167. The van der Waals surface area contributed by atoms with E-state index >= 15 is 0 Å². The topological polar surface area (TPSA) is 113 Å². The second-order valence-corrected chi connectivity index (χ2v) is 7.94. The van der Waals surface area contributed by atoms with E-state index in [1.165, 1.54) is 13.2 Å². The molecule has 39 heavy (non-hydrogen) atoms. The molecule has 9 heteroatoms. The van der Waals surface area contributed by atoms with Crippen LogP contribution in [0.1, 0.15) is 28.4 Å². The van der Waals surface area contributed by atoms with E-state index in [1.54, 1.807) is 45.6 Å². The van der Waals surface area contributed by atoms with Gasteiger partial charge in [0.2, 0.25) is 0 Å². The lowest BCUT2D eigenvalue weighted by atomic mass is 10.1. The predicted molar refractivity (Wildman–Crippen MR) is 148 cm³/mol. The standard InChI is InChI=1S/C19H18N2O3.C11H12O4/c1-22-16-10-8-15(12-17(16)23-2)9-11-19-20-18(21-24-19)13-14-6-4-3-5-7-14;1-14-9-5-3-8(4-6-11(12)13)7-10(9)15-2/h3-12H,13H2,1-2H3;3-7H,1-2H3,(H,12,13). The predicted octanol–water partition coefficient (Wildman–Crippen LogP) is 5.65. The average Bonchev–Trinajstić information content (AvgIpc) is 3.42. The number of hydrogen-bond donors (Lipinski definition) is 1. The van der Waals surface area contributed by atoms with Crippen molar-refractivity contribution in [1.82, 2.24) is 10.1 Å². The molecule has 0 spiro atoms. The molecule has 9 nitrogen and oxygen atoms in total. The van der Waals surface area contributed by atoms with E-state index < -0.39 is 5.97 Å². The van der Waals surface area contributed by atoms with Crippen LogP contribution in [-0.2, 0) is 11.2 Å². The fourth-order valence-corrected chi connectivity index (χ4v) is 3.43. The summed E-state index contributed by atoms with van der Waals surface area (Å²) in [6.07, 6.45) is 6.88. The van der Waals surface area contributed by atoms with E-state index in [4.69, 9.17) is 28.6 Å². The summed E-state index contributed by atoms with van der Waals surface area (Å²) in [5.41, 5.74) is 2.85. The van der Waals surface area contributed by atoms with Crippen LogP contribution in [0.2, 0.25) is 0 Å². The van der Waals surface area contributed by atoms with E-state index in [9.17, 15) is 4.79 Å². The first kappa shape index (κ1) is 28.5. The molecule has 4 rings (SSSR count). The van der Waals surface area contributed by atoms with Gasteiger partial charge in [0, 0.05) is 18.6 Å². The third-order valence-electron chi connectivity index (χ3n) is 5.34. The molecule has 3 aromatic carbocycles. The number of rotatable bonds is 10. The Labute approximate surface area is 226 Å². The Morgan fingerprint density at radius 1 is 0.769 bits per heavy atom. The van der Waals surface area contributed by atoms with E-state index in [2.05, 4.69) is 10.1 Å². The summed E-state index contributed by atoms with van der Waals surface area (Å²) in [6, 6.07) is 20.9. The monoisotopic (exact) mass is 530 g/mol. The van der Waals surface area contributed by atoms with Gasteiger partial charge in [-0.25, -0.2) is 4.79 Å². The lowest BCUT2D eigenvalue weighted by Crippen LogP contribution is -1.91. The first-order valence-electron chi connectivity index (χ1n) is 11.8. The number of methoxy groups -OCH3 is 4. The van der Waals surface area contributed by atoms with Crippen LogP contribution in [0.25, 0.3) is 18.2 Å². The zero-order chi connectivity index (χ0) is 28.0. The Kier molecular flexibility index (Phi) is 10.7. The molecule has 0 atom stereocenters. The molecule has 0 aliphatic carbocycles. The maximum atomic E-state index is 10.3. The van der Waals surface area contributed by atoms with Crippen molar-refractivity contribution in [1.29, 1.82) is 0 Å². The van der Waals surface area contributed by atoms with Crippen LogP contribution >= 0.6 is 0 Å². The van der Waals surface area contributed by atoms with Crippen LogP contribution < -0.4 is 18.9 Å². The lowest BCUT2D eigenvalue weighted by Gasteiger charge is -2.07. The van der Waals surface area contributed by atoms with Crippen molar-refractivity contribution >= 4 is 24.2 Å². The first-order chi connectivity index (χ1) is 18.9. The van der Waals surface area contributed by atoms with Gasteiger partial charge >= 0.3 is 5.97 Å². The number of nitrogens with zero attached hydrogens (tertiary/aromatic N) is 2. The van der Waals surface area contributed by atoms with Crippen LogP contribution in [-0.4, -0.2) is 49.7 Å². The summed E-state index contributed by atoms with van der Waals surface area (Å²) in [7, 11) is 6.30. The van der Waals surface area contributed by atoms with Crippen LogP contribution in [0.4, 0.5) is 0 Å². The van der Waals surface area contributed by atoms with Crippen molar-refractivity contribution in [2.45, 2.75) is 6.42 Å². The van der Waals surface area contributed by atoms with Gasteiger partial charge in [-0.15, -0.1) is 0 Å². The van der Waals surface area contributed by atoms with Gasteiger partial charge in [0.25, 0.3) is 5.89 Å². The van der Waals surface area contributed by atoms with E-state index in [0.717, 1.165) is 22.8 Å². The van der Waals surface area contributed by atoms with Crippen molar-refractivity contribution < 1.29 is 33.4 Å². The third-order valence-corrected chi connectivity index (χ3v) is 5.34. The molecule has 1 heterocycles. The SMILES string of the molecule is COc1ccc(C=CC(=O)O)cc1OC.COc1ccc(C=Cc2nc(Cc3ccccc3)no2)cc1OC. The zero-order valence-corrected chi connectivity index (χ0v) is 22.2. The van der Waals surface area contributed by atoms with Gasteiger partial charge < -0.3 is 28.6 Å². The average molecular weight is 531 g/mol. The number of aliphatic carboxylic acids is 1. The highest BCUT2D eigenvalue weighted by molar-refractivity contribution is 5.85. The molecular weight excluding hydrogens is 500 g/mol. The van der Waals surface area contributed by atoms with Gasteiger partial charge in [0.15, 0.2) is 28.8 Å².